The van der Waals surface area contributed by atoms with Gasteiger partial charge >= 0.3 is 0 Å². The van der Waals surface area contributed by atoms with Crippen LogP contribution >= 0.6 is 0 Å². The summed E-state index contributed by atoms with van der Waals surface area (Å²) in [5, 5.41) is 7.04. The van der Waals surface area contributed by atoms with E-state index in [2.05, 4.69) is 233 Å². The monoisotopic (exact) mass is 935 g/mol. The summed E-state index contributed by atoms with van der Waals surface area (Å²) >= 11 is 0. The van der Waals surface area contributed by atoms with Crippen molar-refractivity contribution >= 4 is 82.5 Å². The third kappa shape index (κ3) is 6.09. The first kappa shape index (κ1) is 41.2. The molecule has 15 rings (SSSR count). The molecule has 0 spiro atoms. The lowest BCUT2D eigenvalue weighted by Gasteiger charge is -2.42. The predicted octanol–water partition coefficient (Wildman–Crippen LogP) is 16.6. The average molecular weight is 936 g/mol. The van der Waals surface area contributed by atoms with Gasteiger partial charge in [0.15, 0.2) is 11.6 Å². The van der Waals surface area contributed by atoms with Crippen molar-refractivity contribution < 1.29 is 0 Å². The van der Waals surface area contributed by atoms with E-state index in [4.69, 9.17) is 15.0 Å². The van der Waals surface area contributed by atoms with Crippen molar-refractivity contribution in [2.24, 2.45) is 0 Å². The van der Waals surface area contributed by atoms with E-state index in [0.717, 1.165) is 77.8 Å². The van der Waals surface area contributed by atoms with Crippen molar-refractivity contribution in [1.29, 1.82) is 0 Å². The van der Waals surface area contributed by atoms with Crippen LogP contribution in [-0.2, 0) is 5.41 Å². The zero-order valence-electron chi connectivity index (χ0n) is 40.1. The Balaban J connectivity index is 1.01. The fraction of sp³-hybridized carbons (Fsp3) is 0.0455. The number of rotatable bonds is 6. The van der Waals surface area contributed by atoms with Gasteiger partial charge in [0.2, 0.25) is 5.95 Å². The summed E-state index contributed by atoms with van der Waals surface area (Å²) in [4.78, 5) is 18.3. The lowest BCUT2D eigenvalue weighted by atomic mass is 9.73. The SMILES string of the molecule is CC1(C)c2ccc(-n3c4ccccc4c4ccccc43)cc2N(c2ccccc2)c2cc(-n3c4ccccc4c4ccc5c6ccccc6n(-c6nc(-c7ccccc7)nc(-c7ccccc7)n6)c5c43)ccc21. The lowest BCUT2D eigenvalue weighted by Crippen LogP contribution is -2.31. The van der Waals surface area contributed by atoms with Gasteiger partial charge in [-0.2, -0.15) is 9.97 Å². The number of hydrogen-bond donors (Lipinski definition) is 0. The highest BCUT2D eigenvalue weighted by Crippen LogP contribution is 2.54. The lowest BCUT2D eigenvalue weighted by molar-refractivity contribution is 0.631. The molecule has 344 valence electrons. The first-order chi connectivity index (χ1) is 36.0. The third-order valence-electron chi connectivity index (χ3n) is 15.3. The van der Waals surface area contributed by atoms with Gasteiger partial charge in [-0.1, -0.05) is 190 Å². The van der Waals surface area contributed by atoms with Gasteiger partial charge in [0.1, 0.15) is 0 Å². The maximum Gasteiger partial charge on any atom is 0.238 e. The number of benzene rings is 10. The van der Waals surface area contributed by atoms with Crippen LogP contribution in [0, 0.1) is 0 Å². The zero-order valence-corrected chi connectivity index (χ0v) is 40.1. The van der Waals surface area contributed by atoms with Crippen LogP contribution in [-0.4, -0.2) is 28.7 Å². The summed E-state index contributed by atoms with van der Waals surface area (Å²) < 4.78 is 7.17. The molecule has 0 amide bonds. The number of anilines is 3. The van der Waals surface area contributed by atoms with E-state index in [1.807, 2.05) is 36.4 Å². The second-order valence-electron chi connectivity index (χ2n) is 19.6. The molecule has 0 fully saturated rings. The summed E-state index contributed by atoms with van der Waals surface area (Å²) in [6.45, 7) is 4.74. The van der Waals surface area contributed by atoms with Gasteiger partial charge in [0, 0.05) is 65.9 Å². The van der Waals surface area contributed by atoms with E-state index in [0.29, 0.717) is 17.6 Å². The maximum absolute atomic E-state index is 5.36. The summed E-state index contributed by atoms with van der Waals surface area (Å²) in [5.41, 5.74) is 16.2. The summed E-state index contributed by atoms with van der Waals surface area (Å²) in [6.07, 6.45) is 0. The molecular weight excluding hydrogens is 891 g/mol. The highest BCUT2D eigenvalue weighted by Gasteiger charge is 2.38. The Kier molecular flexibility index (Phi) is 8.87. The van der Waals surface area contributed by atoms with Crippen molar-refractivity contribution in [1.82, 2.24) is 28.7 Å². The largest absolute Gasteiger partial charge is 0.310 e. The molecule has 73 heavy (non-hydrogen) atoms. The Bertz CT molecular complexity index is 4420. The van der Waals surface area contributed by atoms with Crippen molar-refractivity contribution in [3.8, 4) is 40.1 Å². The zero-order chi connectivity index (χ0) is 48.4. The minimum Gasteiger partial charge on any atom is -0.310 e. The Morgan fingerprint density at radius 2 is 0.699 bits per heavy atom. The molecule has 0 radical (unpaired) electrons. The first-order valence-electron chi connectivity index (χ1n) is 25.0. The average Bonchev–Trinajstić information content (AvgIpc) is 4.14. The van der Waals surface area contributed by atoms with Crippen molar-refractivity contribution in [3.05, 3.63) is 248 Å². The number of fused-ring (bicyclic) bond motifs is 12. The standard InChI is InChI=1S/C66H45N7/c1-66(2)53-38-34-45(71-55-30-16-12-26-47(55)48-27-13-17-31-56(48)71)40-59(53)70(44-24-10-5-11-25-44)60-41-46(35-39-54(60)66)72-57-32-18-14-28-49(57)51-36-37-52-50-29-15-19-33-58(50)73(62(52)61(51)72)65-68-63(42-20-6-3-7-21-42)67-64(69-65)43-22-8-4-9-23-43/h3-41H,1-2H3. The number of para-hydroxylation sites is 5. The van der Waals surface area contributed by atoms with Gasteiger partial charge in [0.25, 0.3) is 0 Å². The second kappa shape index (κ2) is 15.7. The number of aromatic nitrogens is 6. The van der Waals surface area contributed by atoms with Crippen molar-refractivity contribution in [3.63, 3.8) is 0 Å². The molecule has 10 aromatic carbocycles. The van der Waals surface area contributed by atoms with Crippen LogP contribution in [0.5, 0.6) is 0 Å². The highest BCUT2D eigenvalue weighted by atomic mass is 15.2. The van der Waals surface area contributed by atoms with Crippen LogP contribution < -0.4 is 4.90 Å². The minimum absolute atomic E-state index is 0.333. The van der Waals surface area contributed by atoms with Crippen molar-refractivity contribution in [2.45, 2.75) is 19.3 Å². The molecule has 0 bridgehead atoms. The van der Waals surface area contributed by atoms with Gasteiger partial charge in [-0.05, 0) is 71.8 Å². The molecule has 0 aliphatic carbocycles. The second-order valence-corrected chi connectivity index (χ2v) is 19.6. The molecular formula is C66H45N7. The van der Waals surface area contributed by atoms with Gasteiger partial charge in [-0.3, -0.25) is 4.57 Å². The first-order valence-corrected chi connectivity index (χ1v) is 25.0. The Morgan fingerprint density at radius 1 is 0.315 bits per heavy atom. The predicted molar refractivity (Wildman–Crippen MR) is 301 cm³/mol. The maximum atomic E-state index is 5.36. The molecule has 7 heteroatoms. The molecule has 0 N–H and O–H groups in total. The van der Waals surface area contributed by atoms with Gasteiger partial charge in [-0.15, -0.1) is 0 Å². The smallest absolute Gasteiger partial charge is 0.238 e. The quantitative estimate of drug-likeness (QED) is 0.167. The molecule has 7 nitrogen and oxygen atoms in total. The van der Waals surface area contributed by atoms with E-state index in [1.165, 1.54) is 38.3 Å². The van der Waals surface area contributed by atoms with Crippen LogP contribution in [0.3, 0.4) is 0 Å². The van der Waals surface area contributed by atoms with E-state index >= 15 is 0 Å². The van der Waals surface area contributed by atoms with Crippen LogP contribution in [0.4, 0.5) is 17.1 Å². The Labute approximate surface area is 421 Å². The van der Waals surface area contributed by atoms with Crippen LogP contribution in [0.1, 0.15) is 25.0 Å². The fourth-order valence-electron chi connectivity index (χ4n) is 12.0. The molecule has 14 aromatic rings. The Hall–Kier alpha value is -9.59. The van der Waals surface area contributed by atoms with Gasteiger partial charge in [0.05, 0.1) is 44.5 Å². The molecule has 1 aliphatic heterocycles. The summed E-state index contributed by atoms with van der Waals surface area (Å²) in [7, 11) is 0. The number of hydrogen-bond acceptors (Lipinski definition) is 4. The molecule has 0 unspecified atom stereocenters. The van der Waals surface area contributed by atoms with Crippen LogP contribution in [0.2, 0.25) is 0 Å². The van der Waals surface area contributed by atoms with Gasteiger partial charge < -0.3 is 14.0 Å². The summed E-state index contributed by atoms with van der Waals surface area (Å²) in [5.74, 6) is 1.78. The molecule has 4 aromatic heterocycles. The molecule has 1 aliphatic rings. The van der Waals surface area contributed by atoms with Crippen LogP contribution in [0.25, 0.3) is 106 Å². The topological polar surface area (TPSA) is 56.7 Å². The van der Waals surface area contributed by atoms with Gasteiger partial charge in [-0.25, -0.2) is 4.98 Å². The Morgan fingerprint density at radius 3 is 1.19 bits per heavy atom. The molecule has 5 heterocycles. The third-order valence-corrected chi connectivity index (χ3v) is 15.3. The van der Waals surface area contributed by atoms with E-state index in [9.17, 15) is 0 Å². The normalized spacial score (nSPS) is 13.2. The molecule has 0 saturated heterocycles. The van der Waals surface area contributed by atoms with E-state index < -0.39 is 0 Å². The molecule has 0 saturated carbocycles. The van der Waals surface area contributed by atoms with E-state index in [1.54, 1.807) is 0 Å². The number of nitrogens with zero attached hydrogens (tertiary/aromatic N) is 7. The fourth-order valence-corrected chi connectivity index (χ4v) is 12.0. The molecule has 0 atom stereocenters. The van der Waals surface area contributed by atoms with E-state index in [-0.39, 0.29) is 5.41 Å². The minimum atomic E-state index is -0.333. The van der Waals surface area contributed by atoms with Crippen molar-refractivity contribution in [2.75, 3.05) is 4.90 Å². The van der Waals surface area contributed by atoms with Crippen LogP contribution in [0.15, 0.2) is 237 Å². The highest BCUT2D eigenvalue weighted by molar-refractivity contribution is 6.24. The summed E-state index contributed by atoms with van der Waals surface area (Å²) in [6, 6.07) is 85.0.